The van der Waals surface area contributed by atoms with Crippen molar-refractivity contribution in [3.63, 3.8) is 0 Å². The molecule has 0 saturated carbocycles. The summed E-state index contributed by atoms with van der Waals surface area (Å²) in [5.74, 6) is -1.79. The van der Waals surface area contributed by atoms with Crippen LogP contribution in [0.3, 0.4) is 0 Å². The zero-order valence-corrected chi connectivity index (χ0v) is 14.6. The van der Waals surface area contributed by atoms with Crippen LogP contribution in [0.5, 0.6) is 0 Å². The van der Waals surface area contributed by atoms with E-state index in [1.54, 1.807) is 24.5 Å². The van der Waals surface area contributed by atoms with Crippen LogP contribution in [0, 0.1) is 0 Å². The minimum Gasteiger partial charge on any atom is -0.480 e. The normalized spacial score (nSPS) is 11.6. The second-order valence-corrected chi connectivity index (χ2v) is 6.29. The van der Waals surface area contributed by atoms with Crippen molar-refractivity contribution < 1.29 is 19.5 Å². The van der Waals surface area contributed by atoms with Crippen LogP contribution >= 0.6 is 11.3 Å². The Kier molecular flexibility index (Phi) is 6.18. The van der Waals surface area contributed by atoms with Crippen LogP contribution in [0.1, 0.15) is 23.5 Å². The molecule has 25 heavy (non-hydrogen) atoms. The number of carboxylic acids is 1. The van der Waals surface area contributed by atoms with Gasteiger partial charge in [-0.25, -0.2) is 9.78 Å². The van der Waals surface area contributed by atoms with Gasteiger partial charge in [-0.05, 0) is 19.1 Å². The van der Waals surface area contributed by atoms with Crippen molar-refractivity contribution in [3.05, 3.63) is 35.6 Å². The number of amides is 2. The van der Waals surface area contributed by atoms with Crippen LogP contribution in [0.4, 0.5) is 0 Å². The standard InChI is InChI=1S/C16H18N4O4S/c1-10(16(23)24)20(8-7-18-11(2)21)15(22)13-9-19-14(25-13)12-3-5-17-6-4-12/h3-6,9-10H,7-8H2,1-2H3,(H,18,21)(H,23,24). The minimum absolute atomic E-state index is 0.0916. The molecule has 0 aliphatic heterocycles. The fraction of sp³-hybridized carbons (Fsp3) is 0.312. The molecule has 0 fully saturated rings. The van der Waals surface area contributed by atoms with Crippen LogP contribution in [-0.2, 0) is 9.59 Å². The smallest absolute Gasteiger partial charge is 0.326 e. The average Bonchev–Trinajstić information content (AvgIpc) is 3.08. The highest BCUT2D eigenvalue weighted by molar-refractivity contribution is 7.16. The number of carboxylic acid groups (broad SMARTS) is 1. The fourth-order valence-corrected chi connectivity index (χ4v) is 2.98. The number of nitrogens with zero attached hydrogens (tertiary/aromatic N) is 3. The second kappa shape index (κ2) is 8.34. The number of nitrogens with one attached hydrogen (secondary N) is 1. The van der Waals surface area contributed by atoms with Crippen LogP contribution in [0.2, 0.25) is 0 Å². The molecular weight excluding hydrogens is 344 g/mol. The molecule has 0 bridgehead atoms. The molecular formula is C16H18N4O4S. The van der Waals surface area contributed by atoms with Crippen molar-refractivity contribution in [2.45, 2.75) is 19.9 Å². The van der Waals surface area contributed by atoms with Gasteiger partial charge in [-0.15, -0.1) is 11.3 Å². The van der Waals surface area contributed by atoms with Crippen molar-refractivity contribution in [1.29, 1.82) is 0 Å². The average molecular weight is 362 g/mol. The second-order valence-electron chi connectivity index (χ2n) is 5.26. The Morgan fingerprint density at radius 1 is 1.32 bits per heavy atom. The Balaban J connectivity index is 2.19. The number of hydrogen-bond donors (Lipinski definition) is 2. The summed E-state index contributed by atoms with van der Waals surface area (Å²) in [5.41, 5.74) is 0.829. The van der Waals surface area contributed by atoms with Gasteiger partial charge in [0.25, 0.3) is 5.91 Å². The first kappa shape index (κ1) is 18.5. The van der Waals surface area contributed by atoms with Gasteiger partial charge in [0.2, 0.25) is 5.91 Å². The highest BCUT2D eigenvalue weighted by Gasteiger charge is 2.27. The number of aliphatic carboxylic acids is 1. The molecule has 1 unspecified atom stereocenters. The Morgan fingerprint density at radius 3 is 2.60 bits per heavy atom. The van der Waals surface area contributed by atoms with Crippen LogP contribution in [0.15, 0.2) is 30.7 Å². The lowest BCUT2D eigenvalue weighted by atomic mass is 10.2. The van der Waals surface area contributed by atoms with Crippen LogP contribution in [-0.4, -0.2) is 56.9 Å². The van der Waals surface area contributed by atoms with Gasteiger partial charge in [-0.1, -0.05) is 0 Å². The number of aromatic nitrogens is 2. The molecule has 2 amide bonds. The number of rotatable bonds is 7. The van der Waals surface area contributed by atoms with Gasteiger partial charge in [-0.2, -0.15) is 0 Å². The van der Waals surface area contributed by atoms with E-state index in [0.29, 0.717) is 9.88 Å². The Labute approximate surface area is 148 Å². The molecule has 0 aliphatic rings. The van der Waals surface area contributed by atoms with E-state index in [9.17, 15) is 19.5 Å². The number of pyridine rings is 1. The Bertz CT molecular complexity index is 763. The molecule has 2 rings (SSSR count). The zero-order chi connectivity index (χ0) is 18.4. The molecule has 0 saturated heterocycles. The van der Waals surface area contributed by atoms with E-state index in [1.165, 1.54) is 36.3 Å². The molecule has 0 radical (unpaired) electrons. The summed E-state index contributed by atoms with van der Waals surface area (Å²) in [5, 5.41) is 12.5. The predicted molar refractivity (Wildman–Crippen MR) is 92.2 cm³/mol. The highest BCUT2D eigenvalue weighted by Crippen LogP contribution is 2.25. The van der Waals surface area contributed by atoms with Crippen molar-refractivity contribution in [1.82, 2.24) is 20.2 Å². The molecule has 0 aromatic carbocycles. The van der Waals surface area contributed by atoms with E-state index in [1.807, 2.05) is 0 Å². The molecule has 1 atom stereocenters. The van der Waals surface area contributed by atoms with Gasteiger partial charge in [0.15, 0.2) is 0 Å². The van der Waals surface area contributed by atoms with E-state index in [0.717, 1.165) is 5.56 Å². The van der Waals surface area contributed by atoms with Crippen molar-refractivity contribution in [2.24, 2.45) is 0 Å². The zero-order valence-electron chi connectivity index (χ0n) is 13.8. The number of hydrogen-bond acceptors (Lipinski definition) is 6. The maximum absolute atomic E-state index is 12.7. The first-order valence-electron chi connectivity index (χ1n) is 7.54. The minimum atomic E-state index is -1.12. The molecule has 9 heteroatoms. The van der Waals surface area contributed by atoms with Gasteiger partial charge >= 0.3 is 5.97 Å². The van der Waals surface area contributed by atoms with Gasteiger partial charge in [0.05, 0.1) is 6.20 Å². The third-order valence-corrected chi connectivity index (χ3v) is 4.49. The Morgan fingerprint density at radius 2 is 2.00 bits per heavy atom. The van der Waals surface area contributed by atoms with E-state index >= 15 is 0 Å². The fourth-order valence-electron chi connectivity index (χ4n) is 2.10. The molecule has 2 N–H and O–H groups in total. The molecule has 132 valence electrons. The van der Waals surface area contributed by atoms with Gasteiger partial charge in [0, 0.05) is 38.0 Å². The molecule has 0 spiro atoms. The third-order valence-electron chi connectivity index (χ3n) is 3.46. The molecule has 8 nitrogen and oxygen atoms in total. The van der Waals surface area contributed by atoms with Crippen molar-refractivity contribution in [3.8, 4) is 10.6 Å². The van der Waals surface area contributed by atoms with Gasteiger partial charge < -0.3 is 15.3 Å². The summed E-state index contributed by atoms with van der Waals surface area (Å²) in [4.78, 5) is 44.7. The summed E-state index contributed by atoms with van der Waals surface area (Å²) in [7, 11) is 0. The van der Waals surface area contributed by atoms with E-state index in [4.69, 9.17) is 0 Å². The van der Waals surface area contributed by atoms with E-state index in [-0.39, 0.29) is 19.0 Å². The predicted octanol–water partition coefficient (Wildman–Crippen LogP) is 1.26. The van der Waals surface area contributed by atoms with Crippen molar-refractivity contribution in [2.75, 3.05) is 13.1 Å². The summed E-state index contributed by atoms with van der Waals surface area (Å²) >= 11 is 1.18. The van der Waals surface area contributed by atoms with Gasteiger partial charge in [-0.3, -0.25) is 14.6 Å². The van der Waals surface area contributed by atoms with Crippen LogP contribution in [0.25, 0.3) is 10.6 Å². The first-order chi connectivity index (χ1) is 11.9. The molecule has 2 aromatic rings. The quantitative estimate of drug-likeness (QED) is 0.767. The first-order valence-corrected chi connectivity index (χ1v) is 8.36. The molecule has 2 heterocycles. The third kappa shape index (κ3) is 4.83. The summed E-state index contributed by atoms with van der Waals surface area (Å²) < 4.78 is 0. The largest absolute Gasteiger partial charge is 0.480 e. The number of carbonyl (C=O) groups is 3. The maximum atomic E-state index is 12.7. The lowest BCUT2D eigenvalue weighted by Crippen LogP contribution is -2.46. The highest BCUT2D eigenvalue weighted by atomic mass is 32.1. The Hall–Kier alpha value is -2.81. The number of thiazole rings is 1. The monoisotopic (exact) mass is 362 g/mol. The SMILES string of the molecule is CC(=O)NCCN(C(=O)c1cnc(-c2ccncc2)s1)C(C)C(=O)O. The molecule has 2 aromatic heterocycles. The molecule has 0 aliphatic carbocycles. The lowest BCUT2D eigenvalue weighted by Gasteiger charge is -2.25. The van der Waals surface area contributed by atoms with Crippen LogP contribution < -0.4 is 5.32 Å². The topological polar surface area (TPSA) is 112 Å². The number of carbonyl (C=O) groups excluding carboxylic acids is 2. The van der Waals surface area contributed by atoms with Gasteiger partial charge in [0.1, 0.15) is 15.9 Å². The summed E-state index contributed by atoms with van der Waals surface area (Å²) in [6, 6.07) is 2.54. The van der Waals surface area contributed by atoms with E-state index in [2.05, 4.69) is 15.3 Å². The maximum Gasteiger partial charge on any atom is 0.326 e. The summed E-state index contributed by atoms with van der Waals surface area (Å²) in [6.07, 6.45) is 4.69. The lowest BCUT2D eigenvalue weighted by molar-refractivity contribution is -0.141. The van der Waals surface area contributed by atoms with E-state index < -0.39 is 17.9 Å². The van der Waals surface area contributed by atoms with Crippen molar-refractivity contribution >= 4 is 29.1 Å². The summed E-state index contributed by atoms with van der Waals surface area (Å²) in [6.45, 7) is 3.05.